The van der Waals surface area contributed by atoms with Gasteiger partial charge in [0.25, 0.3) is 10.0 Å². The predicted octanol–water partition coefficient (Wildman–Crippen LogP) is 3.57. The van der Waals surface area contributed by atoms with Gasteiger partial charge in [0.05, 0.1) is 11.4 Å². The van der Waals surface area contributed by atoms with Gasteiger partial charge in [-0.2, -0.15) is 0 Å². The van der Waals surface area contributed by atoms with Crippen molar-refractivity contribution in [3.8, 4) is 0 Å². The van der Waals surface area contributed by atoms with E-state index < -0.39 is 16.1 Å². The van der Waals surface area contributed by atoms with Crippen LogP contribution in [-0.2, 0) is 14.8 Å². The van der Waals surface area contributed by atoms with Gasteiger partial charge in [0.1, 0.15) is 6.61 Å². The summed E-state index contributed by atoms with van der Waals surface area (Å²) in [6, 6.07) is 13.5. The van der Waals surface area contributed by atoms with E-state index in [0.29, 0.717) is 30.4 Å². The van der Waals surface area contributed by atoms with Gasteiger partial charge in [0.2, 0.25) is 0 Å². The number of hydrogen-bond acceptors (Lipinski definition) is 4. The number of ether oxygens (including phenoxy) is 1. The zero-order valence-corrected chi connectivity index (χ0v) is 14.9. The minimum absolute atomic E-state index is 0.212. The van der Waals surface area contributed by atoms with Crippen LogP contribution in [0.15, 0.2) is 53.4 Å². The van der Waals surface area contributed by atoms with Crippen molar-refractivity contribution in [3.05, 3.63) is 54.1 Å². The second kappa shape index (κ2) is 6.76. The molecule has 1 heterocycles. The molecule has 0 atom stereocenters. The fourth-order valence-corrected chi connectivity index (χ4v) is 3.64. The number of hydrogen-bond donors (Lipinski definition) is 1. The van der Waals surface area contributed by atoms with Crippen molar-refractivity contribution in [2.24, 2.45) is 0 Å². The molecule has 0 bridgehead atoms. The Labute approximate surface area is 147 Å². The first-order chi connectivity index (χ1) is 11.9. The van der Waals surface area contributed by atoms with E-state index in [1.807, 2.05) is 12.1 Å². The van der Waals surface area contributed by atoms with Crippen molar-refractivity contribution in [2.45, 2.75) is 24.7 Å². The molecular weight excluding hydrogens is 340 g/mol. The van der Waals surface area contributed by atoms with Gasteiger partial charge in [-0.15, -0.1) is 0 Å². The summed E-state index contributed by atoms with van der Waals surface area (Å²) in [7, 11) is -3.65. The zero-order valence-electron chi connectivity index (χ0n) is 14.1. The van der Waals surface area contributed by atoms with E-state index in [-0.39, 0.29) is 4.90 Å². The monoisotopic (exact) mass is 360 g/mol. The van der Waals surface area contributed by atoms with E-state index in [9.17, 15) is 13.2 Å². The molecule has 0 aromatic heterocycles. The maximum Gasteiger partial charge on any atom is 0.414 e. The molecule has 0 aliphatic carbocycles. The van der Waals surface area contributed by atoms with E-state index in [1.54, 1.807) is 36.4 Å². The summed E-state index contributed by atoms with van der Waals surface area (Å²) < 4.78 is 32.4. The minimum Gasteiger partial charge on any atom is -0.447 e. The average molecular weight is 360 g/mol. The molecule has 2 aromatic carbocycles. The Balaban J connectivity index is 1.75. The van der Waals surface area contributed by atoms with Crippen LogP contribution in [0.4, 0.5) is 16.2 Å². The van der Waals surface area contributed by atoms with Gasteiger partial charge < -0.3 is 4.74 Å². The Hall–Kier alpha value is -2.54. The number of carbonyl (C=O) groups excluding carboxylic acids is 1. The van der Waals surface area contributed by atoms with Crippen LogP contribution in [0.25, 0.3) is 0 Å². The molecular formula is C18H20N2O4S. The number of nitrogens with zero attached hydrogens (tertiary/aromatic N) is 1. The van der Waals surface area contributed by atoms with Crippen LogP contribution in [-0.4, -0.2) is 27.7 Å². The smallest absolute Gasteiger partial charge is 0.414 e. The van der Waals surface area contributed by atoms with Crippen LogP contribution < -0.4 is 9.62 Å². The Morgan fingerprint density at radius 1 is 1.04 bits per heavy atom. The molecule has 0 saturated carbocycles. The molecule has 2 aromatic rings. The molecule has 1 saturated heterocycles. The molecule has 1 N–H and O–H groups in total. The predicted molar refractivity (Wildman–Crippen MR) is 96.5 cm³/mol. The quantitative estimate of drug-likeness (QED) is 0.884. The van der Waals surface area contributed by atoms with Gasteiger partial charge in [-0.3, -0.25) is 9.62 Å². The molecule has 0 unspecified atom stereocenters. The van der Waals surface area contributed by atoms with Crippen molar-refractivity contribution < 1.29 is 17.9 Å². The molecule has 132 valence electrons. The van der Waals surface area contributed by atoms with E-state index in [0.717, 1.165) is 5.56 Å². The summed E-state index contributed by atoms with van der Waals surface area (Å²) in [5.41, 5.74) is 2.19. The normalized spacial score (nSPS) is 14.7. The SMILES string of the molecule is CC(C)c1ccc(S(=O)(=O)Nc2ccc(N3CCOC3=O)cc2)cc1. The number of anilines is 2. The third-order valence-corrected chi connectivity index (χ3v) is 5.45. The summed E-state index contributed by atoms with van der Waals surface area (Å²) in [4.78, 5) is 13.3. The third kappa shape index (κ3) is 3.76. The lowest BCUT2D eigenvalue weighted by Crippen LogP contribution is -2.23. The Morgan fingerprint density at radius 2 is 1.68 bits per heavy atom. The summed E-state index contributed by atoms with van der Waals surface area (Å²) in [6.45, 7) is 4.96. The van der Waals surface area contributed by atoms with Crippen molar-refractivity contribution in [3.63, 3.8) is 0 Å². The van der Waals surface area contributed by atoms with Crippen molar-refractivity contribution in [1.82, 2.24) is 0 Å². The fourth-order valence-electron chi connectivity index (χ4n) is 2.58. The first-order valence-electron chi connectivity index (χ1n) is 8.04. The molecule has 25 heavy (non-hydrogen) atoms. The minimum atomic E-state index is -3.65. The highest BCUT2D eigenvalue weighted by Crippen LogP contribution is 2.23. The molecule has 3 rings (SSSR count). The second-order valence-electron chi connectivity index (χ2n) is 6.14. The third-order valence-electron chi connectivity index (χ3n) is 4.05. The van der Waals surface area contributed by atoms with E-state index in [4.69, 9.17) is 4.74 Å². The molecule has 1 amide bonds. The van der Waals surface area contributed by atoms with E-state index in [2.05, 4.69) is 18.6 Å². The first-order valence-corrected chi connectivity index (χ1v) is 9.52. The standard InChI is InChI=1S/C18H20N2O4S/c1-13(2)14-3-9-17(10-4-14)25(22,23)19-15-5-7-16(8-6-15)20-11-12-24-18(20)21/h3-10,13,19H,11-12H2,1-2H3. The Bertz CT molecular complexity index is 859. The lowest BCUT2D eigenvalue weighted by molar-refractivity contribution is 0.181. The van der Waals surface area contributed by atoms with Gasteiger partial charge in [0, 0.05) is 11.4 Å². The van der Waals surface area contributed by atoms with Gasteiger partial charge >= 0.3 is 6.09 Å². The molecule has 6 nitrogen and oxygen atoms in total. The number of amides is 1. The van der Waals surface area contributed by atoms with Crippen molar-refractivity contribution in [1.29, 1.82) is 0 Å². The highest BCUT2D eigenvalue weighted by atomic mass is 32.2. The number of carbonyl (C=O) groups is 1. The van der Waals surface area contributed by atoms with Crippen molar-refractivity contribution in [2.75, 3.05) is 22.8 Å². The highest BCUT2D eigenvalue weighted by molar-refractivity contribution is 7.92. The molecule has 0 radical (unpaired) electrons. The summed E-state index contributed by atoms with van der Waals surface area (Å²) in [5, 5.41) is 0. The van der Waals surface area contributed by atoms with E-state index >= 15 is 0 Å². The summed E-state index contributed by atoms with van der Waals surface area (Å²) in [5.74, 6) is 0.342. The lowest BCUT2D eigenvalue weighted by atomic mass is 10.0. The molecule has 1 aliphatic heterocycles. The lowest BCUT2D eigenvalue weighted by Gasteiger charge is -2.14. The fraction of sp³-hybridized carbons (Fsp3) is 0.278. The molecule has 1 fully saturated rings. The number of cyclic esters (lactones) is 1. The van der Waals surface area contributed by atoms with Crippen LogP contribution in [0.3, 0.4) is 0 Å². The van der Waals surface area contributed by atoms with Crippen LogP contribution in [0.1, 0.15) is 25.3 Å². The number of sulfonamides is 1. The first kappa shape index (κ1) is 17.3. The van der Waals surface area contributed by atoms with Crippen LogP contribution in [0, 0.1) is 0 Å². The van der Waals surface area contributed by atoms with Crippen LogP contribution in [0.5, 0.6) is 0 Å². The molecule has 0 spiro atoms. The van der Waals surface area contributed by atoms with Crippen LogP contribution >= 0.6 is 0 Å². The maximum atomic E-state index is 12.5. The summed E-state index contributed by atoms with van der Waals surface area (Å²) >= 11 is 0. The van der Waals surface area contributed by atoms with Gasteiger partial charge in [-0.1, -0.05) is 26.0 Å². The maximum absolute atomic E-state index is 12.5. The number of benzene rings is 2. The topological polar surface area (TPSA) is 75.7 Å². The molecule has 1 aliphatic rings. The highest BCUT2D eigenvalue weighted by Gasteiger charge is 2.23. The Morgan fingerprint density at radius 3 is 2.20 bits per heavy atom. The van der Waals surface area contributed by atoms with Gasteiger partial charge in [0.15, 0.2) is 0 Å². The average Bonchev–Trinajstić information content (AvgIpc) is 3.01. The zero-order chi connectivity index (χ0) is 18.0. The van der Waals surface area contributed by atoms with Gasteiger partial charge in [-0.25, -0.2) is 13.2 Å². The van der Waals surface area contributed by atoms with Crippen LogP contribution in [0.2, 0.25) is 0 Å². The second-order valence-corrected chi connectivity index (χ2v) is 7.82. The summed E-state index contributed by atoms with van der Waals surface area (Å²) in [6.07, 6.45) is -0.390. The number of rotatable bonds is 5. The van der Waals surface area contributed by atoms with E-state index in [1.165, 1.54) is 4.90 Å². The van der Waals surface area contributed by atoms with Gasteiger partial charge in [-0.05, 0) is 47.9 Å². The number of nitrogens with one attached hydrogen (secondary N) is 1. The largest absolute Gasteiger partial charge is 0.447 e. The van der Waals surface area contributed by atoms with Crippen molar-refractivity contribution >= 4 is 27.5 Å². The Kier molecular flexibility index (Phi) is 4.67. The molecule has 7 heteroatoms.